The van der Waals surface area contributed by atoms with Crippen LogP contribution in [-0.2, 0) is 4.79 Å². The van der Waals surface area contributed by atoms with Gasteiger partial charge in [-0.1, -0.05) is 34.6 Å². The summed E-state index contributed by atoms with van der Waals surface area (Å²) in [7, 11) is 1.88. The van der Waals surface area contributed by atoms with Crippen molar-refractivity contribution in [2.24, 2.45) is 10.8 Å². The van der Waals surface area contributed by atoms with Crippen LogP contribution in [-0.4, -0.2) is 39.4 Å². The first-order valence-electron chi connectivity index (χ1n) is 7.99. The van der Waals surface area contributed by atoms with Crippen LogP contribution in [0.5, 0.6) is 0 Å². The molecule has 126 valence electrons. The van der Waals surface area contributed by atoms with Crippen molar-refractivity contribution < 1.29 is 4.79 Å². The lowest BCUT2D eigenvalue weighted by Gasteiger charge is -2.54. The molecule has 0 N–H and O–H groups in total. The zero-order valence-electron chi connectivity index (χ0n) is 16.2. The van der Waals surface area contributed by atoms with Crippen molar-refractivity contribution in [1.29, 1.82) is 5.26 Å². The van der Waals surface area contributed by atoms with Crippen molar-refractivity contribution >= 4 is 5.91 Å². The number of likely N-dealkylation sites (N-methyl/N-ethyl adjacent to an activating group) is 1. The van der Waals surface area contributed by atoms with Crippen LogP contribution in [0.4, 0.5) is 0 Å². The van der Waals surface area contributed by atoms with Gasteiger partial charge in [-0.2, -0.15) is 5.26 Å². The van der Waals surface area contributed by atoms with Crippen LogP contribution >= 0.6 is 0 Å². The Morgan fingerprint density at radius 3 is 1.68 bits per heavy atom. The molecular formula is C18H33N3O. The van der Waals surface area contributed by atoms with E-state index in [0.717, 1.165) is 0 Å². The third-order valence-electron chi connectivity index (χ3n) is 6.77. The number of likely N-dealkylation sites (tertiary alicyclic amines) is 1. The zero-order valence-corrected chi connectivity index (χ0v) is 16.2. The maximum atomic E-state index is 13.0. The summed E-state index contributed by atoms with van der Waals surface area (Å²) in [6, 6.07) is 0. The van der Waals surface area contributed by atoms with Crippen LogP contribution in [0.3, 0.4) is 0 Å². The number of hydrogen-bond acceptors (Lipinski definition) is 3. The van der Waals surface area contributed by atoms with Gasteiger partial charge in [0.2, 0.25) is 5.91 Å². The minimum atomic E-state index is -0.483. The standard InChI is InChI=1S/C18H33N3O/c1-14(2,3)13(22)20(11)18(10)15(4,5)16(6,7)21(12-19)17(18,8)9/h1-11H3. The molecule has 0 aromatic carbocycles. The lowest BCUT2D eigenvalue weighted by Crippen LogP contribution is -2.66. The molecule has 4 nitrogen and oxygen atoms in total. The Morgan fingerprint density at radius 1 is 1.00 bits per heavy atom. The van der Waals surface area contributed by atoms with E-state index in [1.165, 1.54) is 0 Å². The summed E-state index contributed by atoms with van der Waals surface area (Å²) in [6.45, 7) is 20.6. The summed E-state index contributed by atoms with van der Waals surface area (Å²) < 4.78 is 0. The largest absolute Gasteiger partial charge is 0.337 e. The van der Waals surface area contributed by atoms with Crippen molar-refractivity contribution in [3.8, 4) is 6.19 Å². The summed E-state index contributed by atoms with van der Waals surface area (Å²) in [5.74, 6) is 0.103. The highest BCUT2D eigenvalue weighted by Gasteiger charge is 2.72. The third kappa shape index (κ3) is 1.90. The van der Waals surface area contributed by atoms with E-state index in [-0.39, 0.29) is 16.9 Å². The molecule has 1 heterocycles. The molecule has 1 unspecified atom stereocenters. The molecule has 1 aliphatic heterocycles. The lowest BCUT2D eigenvalue weighted by atomic mass is 9.60. The van der Waals surface area contributed by atoms with Crippen molar-refractivity contribution in [3.63, 3.8) is 0 Å². The van der Waals surface area contributed by atoms with Gasteiger partial charge in [-0.15, -0.1) is 0 Å². The minimum Gasteiger partial charge on any atom is -0.337 e. The Hall–Kier alpha value is -1.24. The number of carbonyl (C=O) groups is 1. The zero-order chi connectivity index (χ0) is 17.9. The van der Waals surface area contributed by atoms with E-state index < -0.39 is 16.5 Å². The molecule has 0 aromatic rings. The molecule has 1 rings (SSSR count). The summed E-state index contributed by atoms with van der Waals surface area (Å²) in [4.78, 5) is 16.7. The first-order valence-corrected chi connectivity index (χ1v) is 7.99. The fourth-order valence-corrected chi connectivity index (χ4v) is 4.34. The Morgan fingerprint density at radius 2 is 1.41 bits per heavy atom. The molecular weight excluding hydrogens is 274 g/mol. The van der Waals surface area contributed by atoms with Crippen LogP contribution in [0.15, 0.2) is 0 Å². The smallest absolute Gasteiger partial charge is 0.228 e. The maximum Gasteiger partial charge on any atom is 0.228 e. The molecule has 1 fully saturated rings. The maximum absolute atomic E-state index is 13.0. The average molecular weight is 307 g/mol. The molecule has 1 atom stereocenters. The van der Waals surface area contributed by atoms with Crippen molar-refractivity contribution in [2.75, 3.05) is 7.05 Å². The van der Waals surface area contributed by atoms with Crippen molar-refractivity contribution in [3.05, 3.63) is 0 Å². The molecule has 0 spiro atoms. The second-order valence-electron chi connectivity index (χ2n) is 9.36. The Labute approximate surface area is 136 Å². The van der Waals surface area contributed by atoms with Crippen LogP contribution in [0, 0.1) is 22.3 Å². The summed E-state index contributed by atoms with van der Waals surface area (Å²) >= 11 is 0. The van der Waals surface area contributed by atoms with Gasteiger partial charge in [0.1, 0.15) is 0 Å². The first kappa shape index (κ1) is 18.8. The Bertz CT molecular complexity index is 519. The fourth-order valence-electron chi connectivity index (χ4n) is 4.34. The topological polar surface area (TPSA) is 47.3 Å². The van der Waals surface area contributed by atoms with Crippen molar-refractivity contribution in [1.82, 2.24) is 9.80 Å². The van der Waals surface area contributed by atoms with Crippen LogP contribution < -0.4 is 0 Å². The SMILES string of the molecule is CN(C(=O)C(C)(C)C)C1(C)C(C)(C)N(C#N)C(C)(C)C1(C)C. The van der Waals surface area contributed by atoms with E-state index in [1.54, 1.807) is 0 Å². The van der Waals surface area contributed by atoms with Crippen molar-refractivity contribution in [2.45, 2.75) is 85.9 Å². The van der Waals surface area contributed by atoms with Gasteiger partial charge < -0.3 is 4.90 Å². The van der Waals surface area contributed by atoms with Gasteiger partial charge in [-0.05, 0) is 34.6 Å². The number of nitriles is 1. The number of rotatable bonds is 1. The fraction of sp³-hybridized carbons (Fsp3) is 0.889. The molecule has 0 aliphatic carbocycles. The van der Waals surface area contributed by atoms with Crippen LogP contribution in [0.2, 0.25) is 0 Å². The highest BCUT2D eigenvalue weighted by Crippen LogP contribution is 2.61. The highest BCUT2D eigenvalue weighted by molar-refractivity contribution is 5.82. The van der Waals surface area contributed by atoms with E-state index in [9.17, 15) is 10.1 Å². The molecule has 0 bridgehead atoms. The molecule has 0 aromatic heterocycles. The predicted octanol–water partition coefficient (Wildman–Crippen LogP) is 3.63. The Balaban J connectivity index is 3.62. The second-order valence-corrected chi connectivity index (χ2v) is 9.36. The quantitative estimate of drug-likeness (QED) is 0.695. The van der Waals surface area contributed by atoms with E-state index in [2.05, 4.69) is 54.7 Å². The van der Waals surface area contributed by atoms with Gasteiger partial charge in [0, 0.05) is 17.9 Å². The number of carbonyl (C=O) groups excluding carboxylic acids is 1. The normalized spacial score (nSPS) is 29.1. The molecule has 0 saturated carbocycles. The van der Waals surface area contributed by atoms with E-state index in [0.29, 0.717) is 0 Å². The number of hydrogen-bond donors (Lipinski definition) is 0. The van der Waals surface area contributed by atoms with Gasteiger partial charge in [0.05, 0.1) is 16.6 Å². The molecule has 1 amide bonds. The van der Waals surface area contributed by atoms with E-state index >= 15 is 0 Å². The molecule has 4 heteroatoms. The molecule has 22 heavy (non-hydrogen) atoms. The van der Waals surface area contributed by atoms with Gasteiger partial charge in [0.15, 0.2) is 6.19 Å². The molecule has 1 aliphatic rings. The molecule has 1 saturated heterocycles. The summed E-state index contributed by atoms with van der Waals surface area (Å²) in [5, 5.41) is 9.75. The van der Waals surface area contributed by atoms with Gasteiger partial charge >= 0.3 is 0 Å². The minimum absolute atomic E-state index is 0.103. The van der Waals surface area contributed by atoms with Gasteiger partial charge in [-0.3, -0.25) is 9.69 Å². The van der Waals surface area contributed by atoms with Gasteiger partial charge in [-0.25, -0.2) is 0 Å². The molecule has 0 radical (unpaired) electrons. The number of nitrogens with zero attached hydrogens (tertiary/aromatic N) is 3. The lowest BCUT2D eigenvalue weighted by molar-refractivity contribution is -0.151. The summed E-state index contributed by atoms with van der Waals surface area (Å²) in [6.07, 6.45) is 2.38. The monoisotopic (exact) mass is 307 g/mol. The number of amides is 1. The van der Waals surface area contributed by atoms with Crippen LogP contribution in [0.25, 0.3) is 0 Å². The first-order chi connectivity index (χ1) is 9.51. The van der Waals surface area contributed by atoms with Crippen LogP contribution in [0.1, 0.15) is 69.2 Å². The third-order valence-corrected chi connectivity index (χ3v) is 6.77. The predicted molar refractivity (Wildman–Crippen MR) is 90.0 cm³/mol. The van der Waals surface area contributed by atoms with E-state index in [1.807, 2.05) is 37.6 Å². The van der Waals surface area contributed by atoms with Gasteiger partial charge in [0.25, 0.3) is 0 Å². The second kappa shape index (κ2) is 4.63. The average Bonchev–Trinajstić information content (AvgIpc) is 2.40. The van der Waals surface area contributed by atoms with E-state index in [4.69, 9.17) is 0 Å². The highest BCUT2D eigenvalue weighted by atomic mass is 16.2. The Kier molecular flexibility index (Phi) is 3.96. The summed E-state index contributed by atoms with van der Waals surface area (Å²) in [5.41, 5.74) is -2.02.